The summed E-state index contributed by atoms with van der Waals surface area (Å²) in [5.41, 5.74) is 0.273. The normalized spacial score (nSPS) is 22.0. The van der Waals surface area contributed by atoms with E-state index in [2.05, 4.69) is 20.1 Å². The van der Waals surface area contributed by atoms with Crippen LogP contribution in [0.25, 0.3) is 0 Å². The Labute approximate surface area is 137 Å². The number of piperidine rings is 2. The maximum atomic E-state index is 12.0. The van der Waals surface area contributed by atoms with Gasteiger partial charge in [0.1, 0.15) is 5.82 Å². The molecule has 2 saturated heterocycles. The molecule has 2 aliphatic rings. The molecular weight excluding hydrogens is 294 g/mol. The molecule has 7 heteroatoms. The van der Waals surface area contributed by atoms with E-state index in [1.807, 2.05) is 11.8 Å². The summed E-state index contributed by atoms with van der Waals surface area (Å²) in [6.07, 6.45) is 4.59. The van der Waals surface area contributed by atoms with Gasteiger partial charge in [0.25, 0.3) is 0 Å². The second-order valence-electron chi connectivity index (χ2n) is 7.01. The molecule has 2 aliphatic heterocycles. The number of H-pyrrole nitrogens is 1. The third-order valence-electron chi connectivity index (χ3n) is 5.26. The number of aromatic nitrogens is 3. The number of aromatic amines is 1. The number of nitrogens with zero attached hydrogens (tertiary/aromatic N) is 4. The van der Waals surface area contributed by atoms with E-state index < -0.39 is 0 Å². The van der Waals surface area contributed by atoms with Crippen LogP contribution in [-0.4, -0.2) is 68.8 Å². The molecule has 128 valence electrons. The molecule has 3 rings (SSSR count). The molecule has 1 aromatic heterocycles. The van der Waals surface area contributed by atoms with Gasteiger partial charge in [-0.2, -0.15) is 5.10 Å². The summed E-state index contributed by atoms with van der Waals surface area (Å²) in [7, 11) is 0. The van der Waals surface area contributed by atoms with Crippen LogP contribution in [-0.2, 0) is 11.3 Å². The van der Waals surface area contributed by atoms with Crippen LogP contribution in [0.3, 0.4) is 0 Å². The SMILES string of the molecule is Cc1nc(CN2CCC3(CCC(=O)N(CCCO)C3)CC2)n[nH]1. The molecule has 0 bridgehead atoms. The summed E-state index contributed by atoms with van der Waals surface area (Å²) in [6.45, 7) is 6.50. The number of aryl methyl sites for hydroxylation is 1. The summed E-state index contributed by atoms with van der Waals surface area (Å²) in [6, 6.07) is 0. The van der Waals surface area contributed by atoms with Crippen LogP contribution in [0.2, 0.25) is 0 Å². The number of amides is 1. The zero-order valence-electron chi connectivity index (χ0n) is 13.9. The number of carbonyl (C=O) groups excluding carboxylic acids is 1. The van der Waals surface area contributed by atoms with E-state index in [1.54, 1.807) is 0 Å². The summed E-state index contributed by atoms with van der Waals surface area (Å²) in [4.78, 5) is 20.8. The first-order chi connectivity index (χ1) is 11.1. The molecule has 1 spiro atoms. The molecule has 0 unspecified atom stereocenters. The fourth-order valence-electron chi connectivity index (χ4n) is 3.82. The monoisotopic (exact) mass is 321 g/mol. The van der Waals surface area contributed by atoms with Gasteiger partial charge in [-0.1, -0.05) is 0 Å². The van der Waals surface area contributed by atoms with E-state index in [9.17, 15) is 4.79 Å². The standard InChI is InChI=1S/C16H27N5O2/c1-13-17-14(19-18-13)11-20-8-5-16(6-9-20)4-3-15(23)21(12-16)7-2-10-22/h22H,2-12H2,1H3,(H,17,18,19). The van der Waals surface area contributed by atoms with Crippen molar-refractivity contribution in [1.82, 2.24) is 25.0 Å². The van der Waals surface area contributed by atoms with Crippen molar-refractivity contribution < 1.29 is 9.90 Å². The Balaban J connectivity index is 1.53. The Hall–Kier alpha value is -1.47. The van der Waals surface area contributed by atoms with Crippen LogP contribution in [0.5, 0.6) is 0 Å². The highest BCUT2D eigenvalue weighted by Gasteiger charge is 2.40. The minimum Gasteiger partial charge on any atom is -0.396 e. The van der Waals surface area contributed by atoms with Crippen molar-refractivity contribution in [2.75, 3.05) is 32.8 Å². The van der Waals surface area contributed by atoms with Gasteiger partial charge in [-0.05, 0) is 51.1 Å². The molecule has 3 heterocycles. The molecule has 0 aromatic carbocycles. The maximum absolute atomic E-state index is 12.0. The quantitative estimate of drug-likeness (QED) is 0.834. The summed E-state index contributed by atoms with van der Waals surface area (Å²) >= 11 is 0. The number of aliphatic hydroxyl groups is 1. The maximum Gasteiger partial charge on any atom is 0.222 e. The predicted octanol–water partition coefficient (Wildman–Crippen LogP) is 0.700. The highest BCUT2D eigenvalue weighted by molar-refractivity contribution is 5.77. The number of aliphatic hydroxyl groups excluding tert-OH is 1. The number of carbonyl (C=O) groups is 1. The van der Waals surface area contributed by atoms with Crippen LogP contribution in [0.1, 0.15) is 43.8 Å². The van der Waals surface area contributed by atoms with Gasteiger partial charge >= 0.3 is 0 Å². The lowest BCUT2D eigenvalue weighted by molar-refractivity contribution is -0.139. The lowest BCUT2D eigenvalue weighted by Gasteiger charge is -2.47. The van der Waals surface area contributed by atoms with Crippen molar-refractivity contribution in [2.45, 2.75) is 45.6 Å². The number of hydrogen-bond donors (Lipinski definition) is 2. The second-order valence-corrected chi connectivity index (χ2v) is 7.01. The minimum atomic E-state index is 0.153. The number of nitrogens with one attached hydrogen (secondary N) is 1. The Morgan fingerprint density at radius 3 is 2.74 bits per heavy atom. The van der Waals surface area contributed by atoms with Crippen LogP contribution >= 0.6 is 0 Å². The fraction of sp³-hybridized carbons (Fsp3) is 0.812. The van der Waals surface area contributed by atoms with E-state index in [-0.39, 0.29) is 17.9 Å². The second kappa shape index (κ2) is 6.97. The largest absolute Gasteiger partial charge is 0.396 e. The van der Waals surface area contributed by atoms with Crippen molar-refractivity contribution in [3.05, 3.63) is 11.6 Å². The molecule has 0 aliphatic carbocycles. The van der Waals surface area contributed by atoms with E-state index in [4.69, 9.17) is 5.11 Å². The lowest BCUT2D eigenvalue weighted by atomic mass is 9.72. The first-order valence-electron chi connectivity index (χ1n) is 8.59. The van der Waals surface area contributed by atoms with Crippen molar-refractivity contribution in [1.29, 1.82) is 0 Å². The number of rotatable bonds is 5. The van der Waals surface area contributed by atoms with Gasteiger partial charge in [-0.15, -0.1) is 0 Å². The van der Waals surface area contributed by atoms with Crippen LogP contribution in [0, 0.1) is 12.3 Å². The fourth-order valence-corrected chi connectivity index (χ4v) is 3.82. The zero-order chi connectivity index (χ0) is 16.3. The van der Waals surface area contributed by atoms with E-state index >= 15 is 0 Å². The number of likely N-dealkylation sites (tertiary alicyclic amines) is 2. The summed E-state index contributed by atoms with van der Waals surface area (Å²) < 4.78 is 0. The van der Waals surface area contributed by atoms with E-state index in [0.717, 1.165) is 57.1 Å². The molecular formula is C16H27N5O2. The average molecular weight is 321 g/mol. The Morgan fingerprint density at radius 2 is 2.09 bits per heavy atom. The summed E-state index contributed by atoms with van der Waals surface area (Å²) in [5, 5.41) is 16.1. The Kier molecular flexibility index (Phi) is 4.96. The first kappa shape index (κ1) is 16.4. The lowest BCUT2D eigenvalue weighted by Crippen LogP contribution is -2.51. The van der Waals surface area contributed by atoms with E-state index in [0.29, 0.717) is 19.4 Å². The molecule has 0 atom stereocenters. The third kappa shape index (κ3) is 3.90. The van der Waals surface area contributed by atoms with Gasteiger partial charge < -0.3 is 10.0 Å². The highest BCUT2D eigenvalue weighted by Crippen LogP contribution is 2.40. The van der Waals surface area contributed by atoms with Gasteiger partial charge in [0.15, 0.2) is 5.82 Å². The molecule has 0 saturated carbocycles. The van der Waals surface area contributed by atoms with Crippen molar-refractivity contribution in [3.63, 3.8) is 0 Å². The Morgan fingerprint density at radius 1 is 1.30 bits per heavy atom. The first-order valence-corrected chi connectivity index (χ1v) is 8.59. The Bertz CT molecular complexity index is 536. The van der Waals surface area contributed by atoms with Crippen LogP contribution in [0.15, 0.2) is 0 Å². The van der Waals surface area contributed by atoms with Gasteiger partial charge in [-0.25, -0.2) is 4.98 Å². The average Bonchev–Trinajstić information content (AvgIpc) is 2.96. The van der Waals surface area contributed by atoms with Crippen molar-refractivity contribution in [2.24, 2.45) is 5.41 Å². The number of hydrogen-bond acceptors (Lipinski definition) is 5. The molecule has 23 heavy (non-hydrogen) atoms. The topological polar surface area (TPSA) is 85.3 Å². The molecule has 1 amide bonds. The predicted molar refractivity (Wildman–Crippen MR) is 85.6 cm³/mol. The smallest absolute Gasteiger partial charge is 0.222 e. The molecule has 2 fully saturated rings. The highest BCUT2D eigenvalue weighted by atomic mass is 16.3. The molecule has 0 radical (unpaired) electrons. The van der Waals surface area contributed by atoms with Crippen molar-refractivity contribution >= 4 is 5.91 Å². The van der Waals surface area contributed by atoms with Gasteiger partial charge in [-0.3, -0.25) is 14.8 Å². The zero-order valence-corrected chi connectivity index (χ0v) is 13.9. The van der Waals surface area contributed by atoms with E-state index in [1.165, 1.54) is 0 Å². The minimum absolute atomic E-state index is 0.153. The van der Waals surface area contributed by atoms with Crippen molar-refractivity contribution in [3.8, 4) is 0 Å². The van der Waals surface area contributed by atoms with Crippen LogP contribution in [0.4, 0.5) is 0 Å². The van der Waals surface area contributed by atoms with Gasteiger partial charge in [0, 0.05) is 26.1 Å². The van der Waals surface area contributed by atoms with Gasteiger partial charge in [0.2, 0.25) is 5.91 Å². The molecule has 2 N–H and O–H groups in total. The molecule has 7 nitrogen and oxygen atoms in total. The summed E-state index contributed by atoms with van der Waals surface area (Å²) in [5.74, 6) is 1.98. The molecule has 1 aromatic rings. The third-order valence-corrected chi connectivity index (χ3v) is 5.26. The van der Waals surface area contributed by atoms with Gasteiger partial charge in [0.05, 0.1) is 6.54 Å². The van der Waals surface area contributed by atoms with Crippen LogP contribution < -0.4 is 0 Å².